The second kappa shape index (κ2) is 13.5. The number of likely N-dealkylation sites (N-methyl/N-ethyl adjacent to an activating group) is 1. The van der Waals surface area contributed by atoms with Gasteiger partial charge in [-0.1, -0.05) is 13.0 Å². The van der Waals surface area contributed by atoms with Crippen LogP contribution in [0.1, 0.15) is 63.3 Å². The molecular weight excluding hydrogens is 592 g/mol. The Morgan fingerprint density at radius 3 is 2.40 bits per heavy atom. The van der Waals surface area contributed by atoms with Gasteiger partial charge in [0.2, 0.25) is 5.91 Å². The van der Waals surface area contributed by atoms with Gasteiger partial charge in [0.1, 0.15) is 12.1 Å². The zero-order valence-electron chi connectivity index (χ0n) is 27.9. The molecule has 11 nitrogen and oxygen atoms in total. The van der Waals surface area contributed by atoms with Gasteiger partial charge in [-0.2, -0.15) is 5.10 Å². The minimum absolute atomic E-state index is 0.0564. The number of piperazine rings is 1. The van der Waals surface area contributed by atoms with E-state index in [1.807, 2.05) is 42.9 Å². The summed E-state index contributed by atoms with van der Waals surface area (Å²) < 4.78 is 13.9. The Kier molecular flexibility index (Phi) is 8.98. The Hall–Kier alpha value is -4.25. The van der Waals surface area contributed by atoms with Crippen LogP contribution in [0.5, 0.6) is 11.5 Å². The Labute approximate surface area is 276 Å². The second-order valence-corrected chi connectivity index (χ2v) is 12.8. The van der Waals surface area contributed by atoms with E-state index in [1.165, 1.54) is 11.1 Å². The number of amides is 1. The van der Waals surface area contributed by atoms with Crippen LogP contribution in [0.2, 0.25) is 0 Å². The number of aromatic nitrogens is 5. The van der Waals surface area contributed by atoms with Gasteiger partial charge >= 0.3 is 0 Å². The van der Waals surface area contributed by atoms with Gasteiger partial charge in [-0.05, 0) is 87.9 Å². The van der Waals surface area contributed by atoms with Gasteiger partial charge in [-0.25, -0.2) is 14.6 Å². The molecule has 1 saturated heterocycles. The standard InChI is InChI=1S/C36H46N8O3/c1-4-43-16-12-27-21-31(46-5-2)32(47-6-3)22-30(27)36(43)13-10-26(11-14-36)35(45)42-19-17-41(18-20-42)33-29-23-40-44(34(29)39-25-38-33)24-28-9-7-8-15-37-28/h7-9,15,21-23,25-26H,4-6,10-14,16-20,24H2,1-3H3. The van der Waals surface area contributed by atoms with Crippen molar-refractivity contribution in [2.45, 2.75) is 65.0 Å². The quantitative estimate of drug-likeness (QED) is 0.259. The first-order chi connectivity index (χ1) is 23.0. The van der Waals surface area contributed by atoms with Crippen LogP contribution < -0.4 is 14.4 Å². The molecule has 1 aromatic carbocycles. The zero-order chi connectivity index (χ0) is 32.4. The van der Waals surface area contributed by atoms with Crippen molar-refractivity contribution in [1.29, 1.82) is 0 Å². The molecule has 1 saturated carbocycles. The molecular formula is C36H46N8O3. The van der Waals surface area contributed by atoms with Gasteiger partial charge in [0.15, 0.2) is 17.1 Å². The maximum atomic E-state index is 13.9. The number of nitrogens with zero attached hydrogens (tertiary/aromatic N) is 8. The molecule has 3 aromatic heterocycles. The number of ether oxygens (including phenoxy) is 2. The molecule has 0 atom stereocenters. The molecule has 4 aromatic rings. The number of rotatable bonds is 9. The Morgan fingerprint density at radius 2 is 1.70 bits per heavy atom. The predicted octanol–water partition coefficient (Wildman–Crippen LogP) is 4.68. The molecule has 47 heavy (non-hydrogen) atoms. The number of carbonyl (C=O) groups excluding carboxylic acids is 1. The fourth-order valence-corrected chi connectivity index (χ4v) is 8.10. The molecule has 0 unspecified atom stereocenters. The van der Waals surface area contributed by atoms with Crippen LogP contribution >= 0.6 is 0 Å². The minimum Gasteiger partial charge on any atom is -0.490 e. The summed E-state index contributed by atoms with van der Waals surface area (Å²) in [4.78, 5) is 34.5. The van der Waals surface area contributed by atoms with E-state index < -0.39 is 0 Å². The summed E-state index contributed by atoms with van der Waals surface area (Å²) >= 11 is 0. The number of hydrogen-bond acceptors (Lipinski definition) is 9. The van der Waals surface area contributed by atoms with Crippen LogP contribution in [0, 0.1) is 5.92 Å². The Balaban J connectivity index is 1.02. The average molecular weight is 639 g/mol. The summed E-state index contributed by atoms with van der Waals surface area (Å²) in [6.45, 7) is 12.9. The summed E-state index contributed by atoms with van der Waals surface area (Å²) in [6, 6.07) is 10.3. The normalized spacial score (nSPS) is 21.6. The molecule has 1 aliphatic carbocycles. The van der Waals surface area contributed by atoms with Crippen LogP contribution in [-0.4, -0.2) is 92.9 Å². The van der Waals surface area contributed by atoms with Crippen LogP contribution in [0.25, 0.3) is 11.0 Å². The zero-order valence-corrected chi connectivity index (χ0v) is 27.9. The Bertz CT molecular complexity index is 1690. The largest absolute Gasteiger partial charge is 0.490 e. The van der Waals surface area contributed by atoms with E-state index in [0.29, 0.717) is 38.8 Å². The molecule has 0 radical (unpaired) electrons. The van der Waals surface area contributed by atoms with Gasteiger partial charge in [0, 0.05) is 50.4 Å². The summed E-state index contributed by atoms with van der Waals surface area (Å²) in [7, 11) is 0. The number of carbonyl (C=O) groups is 1. The van der Waals surface area contributed by atoms with Crippen molar-refractivity contribution in [3.8, 4) is 11.5 Å². The second-order valence-electron chi connectivity index (χ2n) is 12.8. The van der Waals surface area contributed by atoms with Crippen molar-refractivity contribution >= 4 is 22.8 Å². The third-order valence-corrected chi connectivity index (χ3v) is 10.4. The summed E-state index contributed by atoms with van der Waals surface area (Å²) in [5.41, 5.74) is 4.40. The number of fused-ring (bicyclic) bond motifs is 3. The van der Waals surface area contributed by atoms with Crippen molar-refractivity contribution in [3.05, 3.63) is 65.9 Å². The van der Waals surface area contributed by atoms with Crippen LogP contribution in [-0.2, 0) is 23.3 Å². The lowest BCUT2D eigenvalue weighted by molar-refractivity contribution is -0.138. The topological polar surface area (TPSA) is 102 Å². The molecule has 11 heteroatoms. The van der Waals surface area contributed by atoms with Gasteiger partial charge in [-0.15, -0.1) is 0 Å². The molecule has 0 bridgehead atoms. The number of hydrogen-bond donors (Lipinski definition) is 0. The first kappa shape index (κ1) is 31.4. The molecule has 1 amide bonds. The van der Waals surface area contributed by atoms with E-state index in [4.69, 9.17) is 9.47 Å². The SMILES string of the molecule is CCOc1cc2c(cc1OCC)C1(CCC(C(=O)N3CCN(c4ncnc5c4cnn5Cc4ccccn4)CC3)CC1)N(CC)CC2. The van der Waals surface area contributed by atoms with E-state index in [0.717, 1.165) is 92.3 Å². The molecule has 1 spiro atoms. The maximum Gasteiger partial charge on any atom is 0.225 e. The van der Waals surface area contributed by atoms with Gasteiger partial charge in [0.25, 0.3) is 0 Å². The fraction of sp³-hybridized carbons (Fsp3) is 0.528. The van der Waals surface area contributed by atoms with Crippen molar-refractivity contribution < 1.29 is 14.3 Å². The van der Waals surface area contributed by atoms with Crippen molar-refractivity contribution in [2.24, 2.45) is 5.92 Å². The lowest BCUT2D eigenvalue weighted by Gasteiger charge is -2.52. The van der Waals surface area contributed by atoms with E-state index >= 15 is 0 Å². The molecule has 0 N–H and O–H groups in total. The van der Waals surface area contributed by atoms with Gasteiger partial charge in [0.05, 0.1) is 37.0 Å². The summed E-state index contributed by atoms with van der Waals surface area (Å²) in [5, 5.41) is 5.53. The molecule has 248 valence electrons. The first-order valence-corrected chi connectivity index (χ1v) is 17.3. The third-order valence-electron chi connectivity index (χ3n) is 10.4. The number of benzene rings is 1. The van der Waals surface area contributed by atoms with E-state index in [1.54, 1.807) is 12.5 Å². The lowest BCUT2D eigenvalue weighted by Crippen LogP contribution is -2.54. The highest BCUT2D eigenvalue weighted by atomic mass is 16.5. The maximum absolute atomic E-state index is 13.9. The van der Waals surface area contributed by atoms with Crippen molar-refractivity contribution in [3.63, 3.8) is 0 Å². The monoisotopic (exact) mass is 638 g/mol. The minimum atomic E-state index is -0.0617. The summed E-state index contributed by atoms with van der Waals surface area (Å²) in [5.74, 6) is 2.92. The predicted molar refractivity (Wildman–Crippen MR) is 181 cm³/mol. The molecule has 3 aliphatic rings. The van der Waals surface area contributed by atoms with Gasteiger partial charge < -0.3 is 19.3 Å². The highest BCUT2D eigenvalue weighted by Gasteiger charge is 2.46. The number of anilines is 1. The molecule has 2 aliphatic heterocycles. The highest BCUT2D eigenvalue weighted by molar-refractivity contribution is 5.87. The molecule has 7 rings (SSSR count). The van der Waals surface area contributed by atoms with Gasteiger partial charge in [-0.3, -0.25) is 14.7 Å². The van der Waals surface area contributed by atoms with Crippen LogP contribution in [0.4, 0.5) is 5.82 Å². The molecule has 5 heterocycles. The van der Waals surface area contributed by atoms with E-state index in [2.05, 4.69) is 53.8 Å². The Morgan fingerprint density at radius 1 is 0.936 bits per heavy atom. The molecule has 2 fully saturated rings. The summed E-state index contributed by atoms with van der Waals surface area (Å²) in [6.07, 6.45) is 10.0. The highest BCUT2D eigenvalue weighted by Crippen LogP contribution is 2.50. The van der Waals surface area contributed by atoms with Crippen molar-refractivity contribution in [2.75, 3.05) is 57.4 Å². The van der Waals surface area contributed by atoms with E-state index in [9.17, 15) is 4.79 Å². The van der Waals surface area contributed by atoms with Crippen LogP contribution in [0.15, 0.2) is 49.1 Å². The average Bonchev–Trinajstić information content (AvgIpc) is 3.52. The fourth-order valence-electron chi connectivity index (χ4n) is 8.10. The van der Waals surface area contributed by atoms with Crippen LogP contribution in [0.3, 0.4) is 0 Å². The third kappa shape index (κ3) is 5.90. The first-order valence-electron chi connectivity index (χ1n) is 17.3. The smallest absolute Gasteiger partial charge is 0.225 e. The number of pyridine rings is 1. The lowest BCUT2D eigenvalue weighted by atomic mass is 9.68. The van der Waals surface area contributed by atoms with E-state index in [-0.39, 0.29) is 11.5 Å². The van der Waals surface area contributed by atoms with Crippen molar-refractivity contribution in [1.82, 2.24) is 34.5 Å².